The third-order valence-electron chi connectivity index (χ3n) is 3.42. The first kappa shape index (κ1) is 12.0. The standard InChI is InChI=1S/C11H24N2O/c1-3-10(2)13-9-11(8-12)4-6-14-7-5-11/h10,13H,3-9,12H2,1-2H3. The van der Waals surface area contributed by atoms with Gasteiger partial charge < -0.3 is 15.8 Å². The lowest BCUT2D eigenvalue weighted by Crippen LogP contribution is -2.46. The number of hydrogen-bond donors (Lipinski definition) is 2. The predicted molar refractivity (Wildman–Crippen MR) is 59.3 cm³/mol. The van der Waals surface area contributed by atoms with Crippen molar-refractivity contribution in [2.24, 2.45) is 11.1 Å². The van der Waals surface area contributed by atoms with Crippen LogP contribution in [-0.2, 0) is 4.74 Å². The summed E-state index contributed by atoms with van der Waals surface area (Å²) in [5.41, 5.74) is 6.16. The molecule has 14 heavy (non-hydrogen) atoms. The Kier molecular flexibility index (Phi) is 4.85. The molecule has 0 aromatic carbocycles. The molecule has 3 N–H and O–H groups in total. The van der Waals surface area contributed by atoms with Crippen LogP contribution in [0.2, 0.25) is 0 Å². The summed E-state index contributed by atoms with van der Waals surface area (Å²) in [6.07, 6.45) is 3.39. The smallest absolute Gasteiger partial charge is 0.0472 e. The summed E-state index contributed by atoms with van der Waals surface area (Å²) >= 11 is 0. The molecule has 1 heterocycles. The van der Waals surface area contributed by atoms with Gasteiger partial charge in [0, 0.05) is 25.8 Å². The van der Waals surface area contributed by atoms with Gasteiger partial charge in [0.1, 0.15) is 0 Å². The van der Waals surface area contributed by atoms with Gasteiger partial charge in [-0.15, -0.1) is 0 Å². The summed E-state index contributed by atoms with van der Waals surface area (Å²) in [6.45, 7) is 8.00. The molecule has 1 rings (SSSR count). The summed E-state index contributed by atoms with van der Waals surface area (Å²) in [7, 11) is 0. The highest BCUT2D eigenvalue weighted by atomic mass is 16.5. The molecule has 3 heteroatoms. The summed E-state index contributed by atoms with van der Waals surface area (Å²) in [6, 6.07) is 0.598. The van der Waals surface area contributed by atoms with Crippen LogP contribution in [0.4, 0.5) is 0 Å². The third-order valence-corrected chi connectivity index (χ3v) is 3.42. The Balaban J connectivity index is 2.36. The van der Waals surface area contributed by atoms with Gasteiger partial charge in [-0.1, -0.05) is 6.92 Å². The average Bonchev–Trinajstić information content (AvgIpc) is 2.27. The van der Waals surface area contributed by atoms with Gasteiger partial charge in [0.25, 0.3) is 0 Å². The molecule has 0 aromatic heterocycles. The monoisotopic (exact) mass is 200 g/mol. The van der Waals surface area contributed by atoms with Crippen molar-refractivity contribution in [3.8, 4) is 0 Å². The SMILES string of the molecule is CCC(C)NCC1(CN)CCOCC1. The fourth-order valence-electron chi connectivity index (χ4n) is 1.79. The second kappa shape index (κ2) is 5.69. The molecule has 0 amide bonds. The van der Waals surface area contributed by atoms with Crippen LogP contribution in [0, 0.1) is 5.41 Å². The normalized spacial score (nSPS) is 23.4. The molecular formula is C11H24N2O. The summed E-state index contributed by atoms with van der Waals surface area (Å²) < 4.78 is 5.38. The fraction of sp³-hybridized carbons (Fsp3) is 1.00. The molecule has 84 valence electrons. The van der Waals surface area contributed by atoms with Gasteiger partial charge in [-0.05, 0) is 38.1 Å². The number of rotatable bonds is 5. The van der Waals surface area contributed by atoms with Crippen LogP contribution in [-0.4, -0.2) is 32.3 Å². The summed E-state index contributed by atoms with van der Waals surface area (Å²) in [4.78, 5) is 0. The van der Waals surface area contributed by atoms with Crippen LogP contribution in [0.3, 0.4) is 0 Å². The first-order valence-corrected chi connectivity index (χ1v) is 5.73. The molecule has 0 aromatic rings. The second-order valence-corrected chi connectivity index (χ2v) is 4.51. The highest BCUT2D eigenvalue weighted by Crippen LogP contribution is 2.28. The van der Waals surface area contributed by atoms with Gasteiger partial charge in [-0.3, -0.25) is 0 Å². The Morgan fingerprint density at radius 2 is 2.07 bits per heavy atom. The van der Waals surface area contributed by atoms with Gasteiger partial charge in [-0.25, -0.2) is 0 Å². The molecule has 1 saturated heterocycles. The lowest BCUT2D eigenvalue weighted by Gasteiger charge is -2.37. The van der Waals surface area contributed by atoms with Gasteiger partial charge in [-0.2, -0.15) is 0 Å². The van der Waals surface area contributed by atoms with Gasteiger partial charge >= 0.3 is 0 Å². The minimum absolute atomic E-state index is 0.293. The molecular weight excluding hydrogens is 176 g/mol. The van der Waals surface area contributed by atoms with Gasteiger partial charge in [0.2, 0.25) is 0 Å². The highest BCUT2D eigenvalue weighted by Gasteiger charge is 2.30. The quantitative estimate of drug-likeness (QED) is 0.699. The molecule has 1 atom stereocenters. The maximum absolute atomic E-state index is 5.87. The van der Waals surface area contributed by atoms with Crippen molar-refractivity contribution in [1.82, 2.24) is 5.32 Å². The maximum atomic E-state index is 5.87. The molecule has 1 aliphatic rings. The largest absolute Gasteiger partial charge is 0.381 e. The molecule has 1 fully saturated rings. The van der Waals surface area contributed by atoms with E-state index in [4.69, 9.17) is 10.5 Å². The van der Waals surface area contributed by atoms with Gasteiger partial charge in [0.05, 0.1) is 0 Å². The fourth-order valence-corrected chi connectivity index (χ4v) is 1.79. The van der Waals surface area contributed by atoms with E-state index >= 15 is 0 Å². The predicted octanol–water partition coefficient (Wildman–Crippen LogP) is 1.13. The zero-order valence-corrected chi connectivity index (χ0v) is 9.51. The molecule has 0 aliphatic carbocycles. The van der Waals surface area contributed by atoms with E-state index in [0.29, 0.717) is 11.5 Å². The van der Waals surface area contributed by atoms with E-state index in [2.05, 4.69) is 19.2 Å². The van der Waals surface area contributed by atoms with E-state index in [9.17, 15) is 0 Å². The third kappa shape index (κ3) is 3.23. The van der Waals surface area contributed by atoms with Crippen molar-refractivity contribution in [1.29, 1.82) is 0 Å². The number of ether oxygens (including phenoxy) is 1. The number of nitrogens with one attached hydrogen (secondary N) is 1. The van der Waals surface area contributed by atoms with Crippen molar-refractivity contribution in [2.45, 2.75) is 39.2 Å². The maximum Gasteiger partial charge on any atom is 0.0472 e. The van der Waals surface area contributed by atoms with Crippen LogP contribution >= 0.6 is 0 Å². The molecule has 0 bridgehead atoms. The van der Waals surface area contributed by atoms with Crippen molar-refractivity contribution in [2.75, 3.05) is 26.3 Å². The van der Waals surface area contributed by atoms with Gasteiger partial charge in [0.15, 0.2) is 0 Å². The van der Waals surface area contributed by atoms with E-state index < -0.39 is 0 Å². The van der Waals surface area contributed by atoms with Crippen LogP contribution in [0.15, 0.2) is 0 Å². The second-order valence-electron chi connectivity index (χ2n) is 4.51. The molecule has 1 unspecified atom stereocenters. The van der Waals surface area contributed by atoms with E-state index in [1.54, 1.807) is 0 Å². The van der Waals surface area contributed by atoms with Crippen LogP contribution < -0.4 is 11.1 Å². The van der Waals surface area contributed by atoms with Crippen LogP contribution in [0.25, 0.3) is 0 Å². The topological polar surface area (TPSA) is 47.3 Å². The highest BCUT2D eigenvalue weighted by molar-refractivity contribution is 4.85. The summed E-state index contributed by atoms with van der Waals surface area (Å²) in [5, 5.41) is 3.56. The molecule has 0 radical (unpaired) electrons. The Hall–Kier alpha value is -0.120. The van der Waals surface area contributed by atoms with E-state index in [1.165, 1.54) is 6.42 Å². The molecule has 3 nitrogen and oxygen atoms in total. The Morgan fingerprint density at radius 1 is 1.43 bits per heavy atom. The lowest BCUT2D eigenvalue weighted by molar-refractivity contribution is 0.0181. The Labute approximate surface area is 87.4 Å². The van der Waals surface area contributed by atoms with Crippen LogP contribution in [0.1, 0.15) is 33.1 Å². The van der Waals surface area contributed by atoms with Crippen molar-refractivity contribution >= 4 is 0 Å². The molecule has 1 aliphatic heterocycles. The summed E-state index contributed by atoms with van der Waals surface area (Å²) in [5.74, 6) is 0. The van der Waals surface area contributed by atoms with Crippen molar-refractivity contribution in [3.63, 3.8) is 0 Å². The van der Waals surface area contributed by atoms with Crippen LogP contribution in [0.5, 0.6) is 0 Å². The molecule has 0 spiro atoms. The van der Waals surface area contributed by atoms with Crippen molar-refractivity contribution < 1.29 is 4.74 Å². The van der Waals surface area contributed by atoms with Crippen molar-refractivity contribution in [3.05, 3.63) is 0 Å². The number of hydrogen-bond acceptors (Lipinski definition) is 3. The minimum Gasteiger partial charge on any atom is -0.381 e. The van der Waals surface area contributed by atoms with E-state index in [0.717, 1.165) is 39.1 Å². The zero-order valence-electron chi connectivity index (χ0n) is 9.51. The lowest BCUT2D eigenvalue weighted by atomic mass is 9.80. The van der Waals surface area contributed by atoms with E-state index in [-0.39, 0.29) is 0 Å². The molecule has 0 saturated carbocycles. The number of nitrogens with two attached hydrogens (primary N) is 1. The Bertz CT molecular complexity index is 155. The Morgan fingerprint density at radius 3 is 2.57 bits per heavy atom. The first-order chi connectivity index (χ1) is 6.72. The zero-order chi connectivity index (χ0) is 10.4. The van der Waals surface area contributed by atoms with E-state index in [1.807, 2.05) is 0 Å². The first-order valence-electron chi connectivity index (χ1n) is 5.73. The minimum atomic E-state index is 0.293. The average molecular weight is 200 g/mol.